The zero-order chi connectivity index (χ0) is 16.0. The van der Waals surface area contributed by atoms with Crippen LogP contribution >= 0.6 is 11.3 Å². The largest absolute Gasteiger partial charge is 0.351 e. The van der Waals surface area contributed by atoms with E-state index in [4.69, 9.17) is 0 Å². The lowest BCUT2D eigenvalue weighted by Gasteiger charge is -2.17. The first-order chi connectivity index (χ1) is 11.2. The maximum absolute atomic E-state index is 12.5. The molecule has 0 saturated heterocycles. The van der Waals surface area contributed by atoms with E-state index in [2.05, 4.69) is 17.2 Å². The number of carbonyl (C=O) groups excluding carboxylic acids is 1. The highest BCUT2D eigenvalue weighted by Crippen LogP contribution is 2.44. The van der Waals surface area contributed by atoms with Crippen molar-refractivity contribution in [3.63, 3.8) is 0 Å². The molecule has 5 nitrogen and oxygen atoms in total. The molecule has 0 aliphatic heterocycles. The number of hydrogen-bond acceptors (Lipinski definition) is 4. The minimum Gasteiger partial charge on any atom is -0.351 e. The molecule has 4 rings (SSSR count). The number of fused-ring (bicyclic) bond motifs is 1. The second kappa shape index (κ2) is 5.74. The molecule has 2 heterocycles. The Morgan fingerprint density at radius 3 is 2.70 bits per heavy atom. The molecule has 2 saturated carbocycles. The third-order valence-corrected chi connectivity index (χ3v) is 6.01. The Labute approximate surface area is 138 Å². The molecule has 23 heavy (non-hydrogen) atoms. The Bertz CT molecular complexity index is 790. The summed E-state index contributed by atoms with van der Waals surface area (Å²) in [6.07, 6.45) is 7.30. The fourth-order valence-corrected chi connectivity index (χ4v) is 4.14. The third kappa shape index (κ3) is 3.04. The van der Waals surface area contributed by atoms with Crippen molar-refractivity contribution in [3.05, 3.63) is 27.6 Å². The molecule has 0 aromatic carbocycles. The molecule has 6 heteroatoms. The number of nitrogens with one attached hydrogen (secondary N) is 1. The molecule has 2 fully saturated rings. The van der Waals surface area contributed by atoms with E-state index < -0.39 is 0 Å². The molecular formula is C17H21N3O2S. The van der Waals surface area contributed by atoms with Crippen molar-refractivity contribution in [1.82, 2.24) is 14.9 Å². The van der Waals surface area contributed by atoms with Crippen molar-refractivity contribution in [2.75, 3.05) is 0 Å². The average molecular weight is 331 g/mol. The monoisotopic (exact) mass is 331 g/mol. The van der Waals surface area contributed by atoms with Gasteiger partial charge in [0.25, 0.3) is 5.56 Å². The molecule has 2 aliphatic carbocycles. The fourth-order valence-electron chi connectivity index (χ4n) is 3.21. The highest BCUT2D eigenvalue weighted by molar-refractivity contribution is 7.18. The van der Waals surface area contributed by atoms with Gasteiger partial charge < -0.3 is 5.32 Å². The van der Waals surface area contributed by atoms with Crippen LogP contribution in [0.2, 0.25) is 0 Å². The van der Waals surface area contributed by atoms with Gasteiger partial charge in [-0.3, -0.25) is 14.2 Å². The molecule has 2 aliphatic rings. The van der Waals surface area contributed by atoms with Gasteiger partial charge in [0.1, 0.15) is 11.4 Å². The predicted molar refractivity (Wildman–Crippen MR) is 90.6 cm³/mol. The van der Waals surface area contributed by atoms with Crippen molar-refractivity contribution in [2.24, 2.45) is 11.8 Å². The highest BCUT2D eigenvalue weighted by Gasteiger charge is 2.42. The standard InChI is InChI=1S/C17H21N3O2S/c1-2-12-7-13-16(23-12)18-9-20(17(13)22)8-14(21)19-15(10-3-4-10)11-5-6-11/h7,9-11,15H,2-6,8H2,1H3,(H,19,21). The second-order valence-electron chi connectivity index (χ2n) is 6.73. The Kier molecular flexibility index (Phi) is 3.71. The molecule has 1 amide bonds. The van der Waals surface area contributed by atoms with Gasteiger partial charge in [-0.05, 0) is 50.0 Å². The maximum atomic E-state index is 12.5. The Balaban J connectivity index is 1.51. The number of carbonyl (C=O) groups is 1. The van der Waals surface area contributed by atoms with Crippen LogP contribution in [-0.4, -0.2) is 21.5 Å². The summed E-state index contributed by atoms with van der Waals surface area (Å²) in [6.45, 7) is 2.13. The molecule has 0 bridgehead atoms. The number of aryl methyl sites for hydroxylation is 1. The van der Waals surface area contributed by atoms with Gasteiger partial charge >= 0.3 is 0 Å². The first-order valence-corrected chi connectivity index (χ1v) is 9.24. The van der Waals surface area contributed by atoms with Crippen LogP contribution in [0.25, 0.3) is 10.2 Å². The van der Waals surface area contributed by atoms with E-state index >= 15 is 0 Å². The lowest BCUT2D eigenvalue weighted by molar-refractivity contribution is -0.122. The van der Waals surface area contributed by atoms with Gasteiger partial charge in [-0.15, -0.1) is 11.3 Å². The average Bonchev–Trinajstić information content (AvgIpc) is 3.45. The zero-order valence-corrected chi connectivity index (χ0v) is 14.1. The van der Waals surface area contributed by atoms with E-state index in [1.54, 1.807) is 11.3 Å². The summed E-state index contributed by atoms with van der Waals surface area (Å²) in [4.78, 5) is 31.1. The van der Waals surface area contributed by atoms with E-state index in [1.165, 1.54) is 36.6 Å². The summed E-state index contributed by atoms with van der Waals surface area (Å²) in [5.41, 5.74) is -0.115. The lowest BCUT2D eigenvalue weighted by Crippen LogP contribution is -2.41. The number of nitrogens with zero attached hydrogens (tertiary/aromatic N) is 2. The van der Waals surface area contributed by atoms with E-state index in [9.17, 15) is 9.59 Å². The van der Waals surface area contributed by atoms with Crippen LogP contribution in [0.3, 0.4) is 0 Å². The van der Waals surface area contributed by atoms with Crippen LogP contribution < -0.4 is 10.9 Å². The lowest BCUT2D eigenvalue weighted by atomic mass is 10.1. The molecule has 0 atom stereocenters. The summed E-state index contributed by atoms with van der Waals surface area (Å²) in [7, 11) is 0. The number of amides is 1. The Morgan fingerprint density at radius 1 is 1.39 bits per heavy atom. The van der Waals surface area contributed by atoms with Gasteiger partial charge in [-0.2, -0.15) is 0 Å². The first-order valence-electron chi connectivity index (χ1n) is 8.43. The van der Waals surface area contributed by atoms with Gasteiger partial charge in [0, 0.05) is 10.9 Å². The summed E-state index contributed by atoms with van der Waals surface area (Å²) >= 11 is 1.55. The summed E-state index contributed by atoms with van der Waals surface area (Å²) in [5, 5.41) is 3.79. The van der Waals surface area contributed by atoms with Crippen LogP contribution in [0.5, 0.6) is 0 Å². The molecular weight excluding hydrogens is 310 g/mol. The summed E-state index contributed by atoms with van der Waals surface area (Å²) in [6, 6.07) is 2.23. The summed E-state index contributed by atoms with van der Waals surface area (Å²) < 4.78 is 1.43. The van der Waals surface area contributed by atoms with E-state index in [0.29, 0.717) is 23.3 Å². The SMILES string of the molecule is CCc1cc2c(=O)n(CC(=O)NC(C3CC3)C3CC3)cnc2s1. The molecule has 122 valence electrons. The Hall–Kier alpha value is -1.69. The molecule has 0 spiro atoms. The summed E-state index contributed by atoms with van der Waals surface area (Å²) in [5.74, 6) is 1.25. The number of rotatable bonds is 6. The van der Waals surface area contributed by atoms with Crippen molar-refractivity contribution < 1.29 is 4.79 Å². The van der Waals surface area contributed by atoms with Crippen molar-refractivity contribution >= 4 is 27.5 Å². The molecule has 0 radical (unpaired) electrons. The van der Waals surface area contributed by atoms with Gasteiger partial charge in [0.2, 0.25) is 5.91 Å². The Morgan fingerprint density at radius 2 is 2.09 bits per heavy atom. The van der Waals surface area contributed by atoms with Gasteiger partial charge in [-0.1, -0.05) is 6.92 Å². The normalized spacial score (nSPS) is 17.8. The quantitative estimate of drug-likeness (QED) is 0.883. The smallest absolute Gasteiger partial charge is 0.262 e. The van der Waals surface area contributed by atoms with Crippen LogP contribution in [0.1, 0.15) is 37.5 Å². The molecule has 2 aromatic rings. The number of hydrogen-bond donors (Lipinski definition) is 1. The van der Waals surface area contributed by atoms with Gasteiger partial charge in [0.05, 0.1) is 11.7 Å². The van der Waals surface area contributed by atoms with E-state index in [0.717, 1.165) is 16.1 Å². The predicted octanol–water partition coefficient (Wildman–Crippen LogP) is 2.33. The van der Waals surface area contributed by atoms with Crippen LogP contribution in [0.15, 0.2) is 17.2 Å². The van der Waals surface area contributed by atoms with Crippen molar-refractivity contribution in [1.29, 1.82) is 0 Å². The van der Waals surface area contributed by atoms with Gasteiger partial charge in [-0.25, -0.2) is 4.98 Å². The van der Waals surface area contributed by atoms with Crippen molar-refractivity contribution in [2.45, 2.75) is 51.6 Å². The minimum absolute atomic E-state index is 0.0645. The number of aromatic nitrogens is 2. The highest BCUT2D eigenvalue weighted by atomic mass is 32.1. The van der Waals surface area contributed by atoms with Crippen LogP contribution in [0.4, 0.5) is 0 Å². The van der Waals surface area contributed by atoms with Crippen molar-refractivity contribution in [3.8, 4) is 0 Å². The maximum Gasteiger partial charge on any atom is 0.262 e. The second-order valence-corrected chi connectivity index (χ2v) is 7.85. The third-order valence-electron chi connectivity index (χ3n) is 4.82. The number of thiophene rings is 1. The topological polar surface area (TPSA) is 64.0 Å². The molecule has 1 N–H and O–H groups in total. The minimum atomic E-state index is -0.115. The zero-order valence-electron chi connectivity index (χ0n) is 13.2. The van der Waals surface area contributed by atoms with Crippen LogP contribution in [0, 0.1) is 11.8 Å². The molecule has 2 aromatic heterocycles. The van der Waals surface area contributed by atoms with E-state index in [-0.39, 0.29) is 18.0 Å². The van der Waals surface area contributed by atoms with E-state index in [1.807, 2.05) is 6.07 Å². The van der Waals surface area contributed by atoms with Crippen LogP contribution in [-0.2, 0) is 17.8 Å². The first kappa shape index (κ1) is 14.9. The van der Waals surface area contributed by atoms with Gasteiger partial charge in [0.15, 0.2) is 0 Å². The molecule has 0 unspecified atom stereocenters. The fraction of sp³-hybridized carbons (Fsp3) is 0.588.